The first-order valence-corrected chi connectivity index (χ1v) is 18.3. The summed E-state index contributed by atoms with van der Waals surface area (Å²) >= 11 is 0. The summed E-state index contributed by atoms with van der Waals surface area (Å²) in [7, 11) is 0. The van der Waals surface area contributed by atoms with Gasteiger partial charge in [-0.05, 0) is 96.1 Å². The van der Waals surface area contributed by atoms with Crippen LogP contribution >= 0.6 is 0 Å². The highest BCUT2D eigenvalue weighted by Crippen LogP contribution is 2.43. The van der Waals surface area contributed by atoms with Crippen molar-refractivity contribution in [3.63, 3.8) is 0 Å². The number of benzene rings is 8. The second-order valence-electron chi connectivity index (χ2n) is 13.1. The summed E-state index contributed by atoms with van der Waals surface area (Å²) in [6.45, 7) is 0. The van der Waals surface area contributed by atoms with Gasteiger partial charge < -0.3 is 14.2 Å². The fraction of sp³-hybridized carbons (Fsp3) is 0. The fourth-order valence-corrected chi connectivity index (χ4v) is 7.08. The molecule has 0 aliphatic rings. The molecular formula is C50H36N4O. The van der Waals surface area contributed by atoms with E-state index in [0.717, 1.165) is 67.5 Å². The maximum Gasteiger partial charge on any atom is 0.248 e. The Labute approximate surface area is 321 Å². The molecule has 0 aliphatic heterocycles. The largest absolute Gasteiger partial charge is 0.416 e. The lowest BCUT2D eigenvalue weighted by Gasteiger charge is -2.27. The van der Waals surface area contributed by atoms with Gasteiger partial charge in [-0.3, -0.25) is 0 Å². The Morgan fingerprint density at radius 3 is 0.964 bits per heavy atom. The predicted molar refractivity (Wildman–Crippen MR) is 225 cm³/mol. The van der Waals surface area contributed by atoms with Gasteiger partial charge in [0.25, 0.3) is 0 Å². The highest BCUT2D eigenvalue weighted by Gasteiger charge is 2.20. The molecule has 5 nitrogen and oxygen atoms in total. The van der Waals surface area contributed by atoms with Crippen LogP contribution in [0.5, 0.6) is 0 Å². The standard InChI is InChI=1S/C50H36N4O/c1-5-23-41(24-6-1)53(42-25-7-2-8-26-42)47-33-15-13-31-45(47)37-19-17-21-39(35-37)49-51-52-50(55-49)40-22-18-20-38(36-40)46-32-14-16-34-48(46)54(43-27-9-3-10-28-43)44-29-11-4-12-30-44/h1-36H. The van der Waals surface area contributed by atoms with E-state index in [0.29, 0.717) is 11.8 Å². The molecule has 0 radical (unpaired) electrons. The van der Waals surface area contributed by atoms with Gasteiger partial charge in [0.15, 0.2) is 0 Å². The molecule has 0 saturated heterocycles. The van der Waals surface area contributed by atoms with Crippen LogP contribution in [0.3, 0.4) is 0 Å². The zero-order chi connectivity index (χ0) is 36.8. The first kappa shape index (κ1) is 33.3. The van der Waals surface area contributed by atoms with E-state index in [1.807, 2.05) is 48.5 Å². The van der Waals surface area contributed by atoms with Crippen molar-refractivity contribution in [2.24, 2.45) is 0 Å². The van der Waals surface area contributed by atoms with E-state index in [4.69, 9.17) is 4.42 Å². The van der Waals surface area contributed by atoms with Gasteiger partial charge in [-0.25, -0.2) is 0 Å². The van der Waals surface area contributed by atoms with Crippen LogP contribution in [0.1, 0.15) is 0 Å². The average molecular weight is 709 g/mol. The molecule has 0 aliphatic carbocycles. The topological polar surface area (TPSA) is 45.4 Å². The Bertz CT molecular complexity index is 2400. The Kier molecular flexibility index (Phi) is 9.23. The molecule has 0 bridgehead atoms. The first-order valence-electron chi connectivity index (χ1n) is 18.3. The molecule has 1 aromatic heterocycles. The van der Waals surface area contributed by atoms with E-state index >= 15 is 0 Å². The van der Waals surface area contributed by atoms with Crippen LogP contribution < -0.4 is 9.80 Å². The van der Waals surface area contributed by atoms with Crippen molar-refractivity contribution in [1.82, 2.24) is 10.2 Å². The third kappa shape index (κ3) is 6.90. The molecule has 0 atom stereocenters. The number of hydrogen-bond acceptors (Lipinski definition) is 5. The summed E-state index contributed by atoms with van der Waals surface area (Å²) in [5.41, 5.74) is 12.4. The molecule has 262 valence electrons. The van der Waals surface area contributed by atoms with Gasteiger partial charge in [-0.2, -0.15) is 0 Å². The molecule has 1 heterocycles. The Balaban J connectivity index is 1.06. The molecule has 55 heavy (non-hydrogen) atoms. The zero-order valence-electron chi connectivity index (χ0n) is 30.0. The van der Waals surface area contributed by atoms with Crippen molar-refractivity contribution < 1.29 is 4.42 Å². The number of para-hydroxylation sites is 6. The lowest BCUT2D eigenvalue weighted by molar-refractivity contribution is 0.584. The van der Waals surface area contributed by atoms with Crippen LogP contribution in [0.25, 0.3) is 45.2 Å². The minimum absolute atomic E-state index is 0.461. The maximum absolute atomic E-state index is 6.43. The van der Waals surface area contributed by atoms with Gasteiger partial charge in [-0.15, -0.1) is 10.2 Å². The third-order valence-corrected chi connectivity index (χ3v) is 9.61. The maximum atomic E-state index is 6.43. The van der Waals surface area contributed by atoms with Crippen molar-refractivity contribution in [2.75, 3.05) is 9.80 Å². The van der Waals surface area contributed by atoms with Gasteiger partial charge in [0.1, 0.15) is 0 Å². The lowest BCUT2D eigenvalue weighted by atomic mass is 9.99. The van der Waals surface area contributed by atoms with Crippen LogP contribution in [0.15, 0.2) is 223 Å². The second kappa shape index (κ2) is 15.2. The number of hydrogen-bond donors (Lipinski definition) is 0. The minimum Gasteiger partial charge on any atom is -0.416 e. The van der Waals surface area contributed by atoms with E-state index < -0.39 is 0 Å². The van der Waals surface area contributed by atoms with Crippen molar-refractivity contribution in [1.29, 1.82) is 0 Å². The summed E-state index contributed by atoms with van der Waals surface area (Å²) in [6.07, 6.45) is 0. The first-order chi connectivity index (χ1) is 27.3. The number of aromatic nitrogens is 2. The van der Waals surface area contributed by atoms with Crippen LogP contribution in [-0.4, -0.2) is 10.2 Å². The Hall–Kier alpha value is -7.50. The molecule has 0 spiro atoms. The van der Waals surface area contributed by atoms with Crippen molar-refractivity contribution in [3.05, 3.63) is 218 Å². The summed E-state index contributed by atoms with van der Waals surface area (Å²) in [5, 5.41) is 9.09. The molecule has 0 amide bonds. The number of anilines is 6. The monoisotopic (exact) mass is 708 g/mol. The van der Waals surface area contributed by atoms with Gasteiger partial charge in [-0.1, -0.05) is 133 Å². The summed E-state index contributed by atoms with van der Waals surface area (Å²) in [4.78, 5) is 4.58. The SMILES string of the molecule is c1ccc(N(c2ccccc2)c2ccccc2-c2cccc(-c3nnc(-c4cccc(-c5ccccc5N(c5ccccc5)c5ccccc5)c4)o3)c2)cc1. The number of rotatable bonds is 10. The second-order valence-corrected chi connectivity index (χ2v) is 13.1. The lowest BCUT2D eigenvalue weighted by Crippen LogP contribution is -2.10. The molecular weight excluding hydrogens is 673 g/mol. The predicted octanol–water partition coefficient (Wildman–Crippen LogP) is 13.7. The van der Waals surface area contributed by atoms with Gasteiger partial charge in [0, 0.05) is 45.0 Å². The van der Waals surface area contributed by atoms with Crippen molar-refractivity contribution in [3.8, 4) is 45.2 Å². The van der Waals surface area contributed by atoms with E-state index in [2.05, 4.69) is 190 Å². The highest BCUT2D eigenvalue weighted by molar-refractivity contribution is 5.90. The average Bonchev–Trinajstić information content (AvgIpc) is 3.77. The van der Waals surface area contributed by atoms with E-state index in [1.165, 1.54) is 0 Å². The molecule has 0 saturated carbocycles. The normalized spacial score (nSPS) is 10.9. The summed E-state index contributed by atoms with van der Waals surface area (Å²) < 4.78 is 6.43. The fourth-order valence-electron chi connectivity index (χ4n) is 7.08. The van der Waals surface area contributed by atoms with E-state index in [1.54, 1.807) is 0 Å². The summed E-state index contributed by atoms with van der Waals surface area (Å²) in [6, 6.07) is 75.4. The van der Waals surface area contributed by atoms with E-state index in [-0.39, 0.29) is 0 Å². The number of nitrogens with zero attached hydrogens (tertiary/aromatic N) is 4. The molecule has 5 heteroatoms. The molecule has 0 unspecified atom stereocenters. The van der Waals surface area contributed by atoms with E-state index in [9.17, 15) is 0 Å². The van der Waals surface area contributed by atoms with Gasteiger partial charge >= 0.3 is 0 Å². The molecule has 0 fully saturated rings. The minimum atomic E-state index is 0.461. The quantitative estimate of drug-likeness (QED) is 0.142. The summed E-state index contributed by atoms with van der Waals surface area (Å²) in [5.74, 6) is 0.921. The molecule has 8 aromatic carbocycles. The van der Waals surface area contributed by atoms with Crippen molar-refractivity contribution >= 4 is 34.1 Å². The van der Waals surface area contributed by atoms with Crippen LogP contribution in [0.4, 0.5) is 34.1 Å². The smallest absolute Gasteiger partial charge is 0.248 e. The van der Waals surface area contributed by atoms with Crippen LogP contribution in [0.2, 0.25) is 0 Å². The molecule has 9 aromatic rings. The Morgan fingerprint density at radius 2 is 0.600 bits per heavy atom. The third-order valence-electron chi connectivity index (χ3n) is 9.61. The molecule has 9 rings (SSSR count). The zero-order valence-corrected chi connectivity index (χ0v) is 30.0. The molecule has 0 N–H and O–H groups in total. The van der Waals surface area contributed by atoms with Gasteiger partial charge in [0.2, 0.25) is 11.8 Å². The van der Waals surface area contributed by atoms with Crippen LogP contribution in [0, 0.1) is 0 Å². The van der Waals surface area contributed by atoms with Crippen LogP contribution in [-0.2, 0) is 0 Å². The Morgan fingerprint density at radius 1 is 0.291 bits per heavy atom. The van der Waals surface area contributed by atoms with Gasteiger partial charge in [0.05, 0.1) is 11.4 Å². The van der Waals surface area contributed by atoms with Crippen molar-refractivity contribution in [2.45, 2.75) is 0 Å². The highest BCUT2D eigenvalue weighted by atomic mass is 16.4.